The molecule has 0 bridgehead atoms. The van der Waals surface area contributed by atoms with Gasteiger partial charge < -0.3 is 14.6 Å². The molecule has 3 rings (SSSR count). The van der Waals surface area contributed by atoms with Gasteiger partial charge in [-0.2, -0.15) is 0 Å². The van der Waals surface area contributed by atoms with Crippen molar-refractivity contribution in [1.82, 2.24) is 4.90 Å². The second kappa shape index (κ2) is 8.48. The Morgan fingerprint density at radius 3 is 2.57 bits per heavy atom. The fourth-order valence-corrected chi connectivity index (χ4v) is 3.43. The lowest BCUT2D eigenvalue weighted by molar-refractivity contribution is 0.101. The van der Waals surface area contributed by atoms with Crippen molar-refractivity contribution < 1.29 is 19.4 Å². The molecule has 1 heterocycles. The van der Waals surface area contributed by atoms with Crippen molar-refractivity contribution in [2.24, 2.45) is 0 Å². The Kier molecular flexibility index (Phi) is 6.05. The summed E-state index contributed by atoms with van der Waals surface area (Å²) >= 11 is 0. The lowest BCUT2D eigenvalue weighted by Crippen LogP contribution is -2.22. The van der Waals surface area contributed by atoms with Crippen LogP contribution in [0.3, 0.4) is 0 Å². The molecular formula is C23H27NO4. The third kappa shape index (κ3) is 3.76. The number of phenolic OH excluding ortho intramolecular Hbond substituents is 1. The van der Waals surface area contributed by atoms with E-state index in [9.17, 15) is 9.90 Å². The zero-order valence-corrected chi connectivity index (χ0v) is 16.9. The molecule has 1 N–H and O–H groups in total. The number of carbonyl (C=O) groups is 1. The average Bonchev–Trinajstić information content (AvgIpc) is 3.00. The number of hydrogen-bond donors (Lipinski definition) is 1. The van der Waals surface area contributed by atoms with Gasteiger partial charge in [0.05, 0.1) is 17.7 Å². The highest BCUT2D eigenvalue weighted by Gasteiger charge is 2.33. The van der Waals surface area contributed by atoms with Crippen LogP contribution < -0.4 is 9.47 Å². The summed E-state index contributed by atoms with van der Waals surface area (Å²) in [6, 6.07) is 9.19. The van der Waals surface area contributed by atoms with Crippen molar-refractivity contribution in [3.63, 3.8) is 0 Å². The van der Waals surface area contributed by atoms with E-state index >= 15 is 0 Å². The summed E-state index contributed by atoms with van der Waals surface area (Å²) in [6.07, 6.45) is 1.71. The van der Waals surface area contributed by atoms with Gasteiger partial charge in [-0.1, -0.05) is 32.0 Å². The van der Waals surface area contributed by atoms with E-state index in [-0.39, 0.29) is 17.3 Å². The molecule has 0 spiro atoms. The predicted molar refractivity (Wildman–Crippen MR) is 110 cm³/mol. The Bertz CT molecular complexity index is 913. The highest BCUT2D eigenvalue weighted by Crippen LogP contribution is 2.42. The van der Waals surface area contributed by atoms with Crippen molar-refractivity contribution in [1.29, 1.82) is 0 Å². The molecule has 5 heteroatoms. The maximum Gasteiger partial charge on any atom is 0.232 e. The summed E-state index contributed by atoms with van der Waals surface area (Å²) in [5.74, 6) is 1.41. The Morgan fingerprint density at radius 1 is 1.18 bits per heavy atom. The number of benzene rings is 2. The molecule has 1 aliphatic rings. The number of hydrogen-bond acceptors (Lipinski definition) is 5. The molecule has 0 aliphatic carbocycles. The van der Waals surface area contributed by atoms with E-state index in [1.54, 1.807) is 12.1 Å². The number of fused-ring (bicyclic) bond motifs is 1. The topological polar surface area (TPSA) is 59.0 Å². The molecule has 5 nitrogen and oxygen atoms in total. The number of aryl methyl sites for hydroxylation is 1. The molecule has 0 saturated heterocycles. The molecule has 28 heavy (non-hydrogen) atoms. The van der Waals surface area contributed by atoms with E-state index in [0.717, 1.165) is 18.7 Å². The van der Waals surface area contributed by atoms with Crippen LogP contribution in [0.4, 0.5) is 0 Å². The van der Waals surface area contributed by atoms with E-state index < -0.39 is 0 Å². The standard InChI is InChI=1S/C23H27NO4/c1-5-24(6-2)14-17-18(25)12-15(4)21-22(26)20(28-23(17)21)13-16-10-8-9-11-19(16)27-7-3/h8-13,25H,5-7,14H2,1-4H3/b20-13-. The van der Waals surface area contributed by atoms with E-state index in [4.69, 9.17) is 9.47 Å². The van der Waals surface area contributed by atoms with Crippen molar-refractivity contribution in [2.45, 2.75) is 34.2 Å². The molecular weight excluding hydrogens is 354 g/mol. The number of Topliss-reactive ketones (excluding diaryl/α,β-unsaturated/α-hetero) is 1. The Balaban J connectivity index is 2.04. The Labute approximate surface area is 166 Å². The first kappa shape index (κ1) is 20.0. The maximum absolute atomic E-state index is 13.1. The van der Waals surface area contributed by atoms with Crippen molar-refractivity contribution in [3.8, 4) is 17.2 Å². The summed E-state index contributed by atoms with van der Waals surface area (Å²) in [5.41, 5.74) is 2.68. The summed E-state index contributed by atoms with van der Waals surface area (Å²) in [5, 5.41) is 10.5. The predicted octanol–water partition coefficient (Wildman–Crippen LogP) is 4.56. The van der Waals surface area contributed by atoms with Gasteiger partial charge >= 0.3 is 0 Å². The first-order chi connectivity index (χ1) is 13.5. The normalized spacial score (nSPS) is 14.5. The summed E-state index contributed by atoms with van der Waals surface area (Å²) in [7, 11) is 0. The molecule has 0 saturated carbocycles. The number of aromatic hydroxyl groups is 1. The fourth-order valence-electron chi connectivity index (χ4n) is 3.43. The number of para-hydroxylation sites is 1. The van der Waals surface area contributed by atoms with Crippen LogP contribution in [0.1, 0.15) is 47.8 Å². The van der Waals surface area contributed by atoms with Gasteiger partial charge in [-0.3, -0.25) is 9.69 Å². The fraction of sp³-hybridized carbons (Fsp3) is 0.348. The van der Waals surface area contributed by atoms with E-state index in [1.165, 1.54) is 0 Å². The van der Waals surface area contributed by atoms with Crippen molar-refractivity contribution in [2.75, 3.05) is 19.7 Å². The largest absolute Gasteiger partial charge is 0.507 e. The molecule has 0 fully saturated rings. The Hall–Kier alpha value is -2.79. The number of ether oxygens (including phenoxy) is 2. The number of rotatable bonds is 7. The molecule has 0 amide bonds. The number of ketones is 1. The molecule has 0 unspecified atom stereocenters. The van der Waals surface area contributed by atoms with Crippen molar-refractivity contribution in [3.05, 3.63) is 58.3 Å². The van der Waals surface area contributed by atoms with Gasteiger partial charge in [0.2, 0.25) is 5.78 Å². The van der Waals surface area contributed by atoms with Crippen LogP contribution in [0.15, 0.2) is 36.1 Å². The molecule has 0 atom stereocenters. The van der Waals surface area contributed by atoms with Crippen LogP contribution >= 0.6 is 0 Å². The van der Waals surface area contributed by atoms with Crippen LogP contribution in [0, 0.1) is 6.92 Å². The molecule has 148 valence electrons. The van der Waals surface area contributed by atoms with E-state index in [1.807, 2.05) is 38.1 Å². The third-order valence-electron chi connectivity index (χ3n) is 5.00. The highest BCUT2D eigenvalue weighted by molar-refractivity contribution is 6.16. The second-order valence-corrected chi connectivity index (χ2v) is 6.77. The average molecular weight is 381 g/mol. The first-order valence-corrected chi connectivity index (χ1v) is 9.73. The molecule has 0 aromatic heterocycles. The number of phenols is 1. The quantitative estimate of drug-likeness (QED) is 0.713. The first-order valence-electron chi connectivity index (χ1n) is 9.73. The van der Waals surface area contributed by atoms with E-state index in [0.29, 0.717) is 41.3 Å². The van der Waals surface area contributed by atoms with Crippen LogP contribution in [0.5, 0.6) is 17.2 Å². The maximum atomic E-state index is 13.1. The van der Waals surface area contributed by atoms with E-state index in [2.05, 4.69) is 18.7 Å². The van der Waals surface area contributed by atoms with Crippen LogP contribution in [0.25, 0.3) is 6.08 Å². The van der Waals surface area contributed by atoms with Gasteiger partial charge in [0.1, 0.15) is 17.2 Å². The minimum Gasteiger partial charge on any atom is -0.507 e. The highest BCUT2D eigenvalue weighted by atomic mass is 16.5. The second-order valence-electron chi connectivity index (χ2n) is 6.77. The Morgan fingerprint density at radius 2 is 1.89 bits per heavy atom. The van der Waals surface area contributed by atoms with Gasteiger partial charge in [-0.25, -0.2) is 0 Å². The number of carbonyl (C=O) groups excluding carboxylic acids is 1. The molecule has 2 aromatic rings. The summed E-state index contributed by atoms with van der Waals surface area (Å²) in [6.45, 7) is 10.6. The van der Waals surface area contributed by atoms with Gasteiger partial charge in [0.25, 0.3) is 0 Å². The van der Waals surface area contributed by atoms with Gasteiger partial charge in [0, 0.05) is 12.1 Å². The molecule has 0 radical (unpaired) electrons. The van der Waals surface area contributed by atoms with Gasteiger partial charge in [0.15, 0.2) is 5.76 Å². The lowest BCUT2D eigenvalue weighted by Gasteiger charge is -2.20. The van der Waals surface area contributed by atoms with Gasteiger partial charge in [-0.15, -0.1) is 0 Å². The van der Waals surface area contributed by atoms with Crippen LogP contribution in [-0.4, -0.2) is 35.5 Å². The zero-order valence-electron chi connectivity index (χ0n) is 16.9. The van der Waals surface area contributed by atoms with Gasteiger partial charge in [-0.05, 0) is 50.7 Å². The summed E-state index contributed by atoms with van der Waals surface area (Å²) < 4.78 is 11.7. The molecule has 1 aliphatic heterocycles. The zero-order chi connectivity index (χ0) is 20.3. The van der Waals surface area contributed by atoms with Crippen LogP contribution in [-0.2, 0) is 6.54 Å². The summed E-state index contributed by atoms with van der Waals surface area (Å²) in [4.78, 5) is 15.2. The number of allylic oxidation sites excluding steroid dienone is 1. The van der Waals surface area contributed by atoms with Crippen molar-refractivity contribution >= 4 is 11.9 Å². The number of nitrogens with zero attached hydrogens (tertiary/aromatic N) is 1. The van der Waals surface area contributed by atoms with Crippen LogP contribution in [0.2, 0.25) is 0 Å². The molecule has 2 aromatic carbocycles. The third-order valence-corrected chi connectivity index (χ3v) is 5.00. The monoisotopic (exact) mass is 381 g/mol. The SMILES string of the molecule is CCOc1ccccc1/C=C1\Oc2c(CN(CC)CC)c(O)cc(C)c2C1=O. The smallest absolute Gasteiger partial charge is 0.232 e. The minimum absolute atomic E-state index is 0.159. The lowest BCUT2D eigenvalue weighted by atomic mass is 9.99. The minimum atomic E-state index is -0.167.